The predicted molar refractivity (Wildman–Crippen MR) is 88.8 cm³/mol. The van der Waals surface area contributed by atoms with E-state index in [1.807, 2.05) is 24.5 Å². The zero-order valence-corrected chi connectivity index (χ0v) is 13.4. The molecule has 2 heterocycles. The molecular formula is C18H25N3. The number of nitrogens with one attached hydrogen (secondary N) is 1. The van der Waals surface area contributed by atoms with Gasteiger partial charge in [0.05, 0.1) is 0 Å². The molecule has 0 aliphatic carbocycles. The van der Waals surface area contributed by atoms with Crippen molar-refractivity contribution < 1.29 is 0 Å². The van der Waals surface area contributed by atoms with Gasteiger partial charge >= 0.3 is 0 Å². The van der Waals surface area contributed by atoms with Crippen molar-refractivity contribution in [3.8, 4) is 0 Å². The minimum Gasteiger partial charge on any atom is -0.325 e. The van der Waals surface area contributed by atoms with Crippen molar-refractivity contribution in [3.05, 3.63) is 47.8 Å². The number of nitrogens with zero attached hydrogens (tertiary/aromatic N) is 2. The van der Waals surface area contributed by atoms with Crippen LogP contribution in [-0.4, -0.2) is 9.97 Å². The van der Waals surface area contributed by atoms with E-state index in [4.69, 9.17) is 0 Å². The third-order valence-electron chi connectivity index (χ3n) is 3.19. The van der Waals surface area contributed by atoms with Gasteiger partial charge in [-0.15, -0.1) is 0 Å². The van der Waals surface area contributed by atoms with Crippen molar-refractivity contribution >= 4 is 11.6 Å². The lowest BCUT2D eigenvalue weighted by atomic mass is 10.1. The third-order valence-corrected chi connectivity index (χ3v) is 3.19. The van der Waals surface area contributed by atoms with Crippen molar-refractivity contribution in [1.82, 2.24) is 9.97 Å². The first-order chi connectivity index (χ1) is 10.0. The molecule has 0 fully saturated rings. The smallest absolute Gasteiger partial charge is 0.131 e. The van der Waals surface area contributed by atoms with Gasteiger partial charge in [-0.1, -0.05) is 39.8 Å². The van der Waals surface area contributed by atoms with Crippen molar-refractivity contribution in [2.45, 2.75) is 40.5 Å². The largest absolute Gasteiger partial charge is 0.325 e. The minimum absolute atomic E-state index is 0.653. The fourth-order valence-corrected chi connectivity index (χ4v) is 2.31. The van der Waals surface area contributed by atoms with Gasteiger partial charge in [0, 0.05) is 12.4 Å². The Morgan fingerprint density at radius 1 is 0.762 bits per heavy atom. The molecule has 3 nitrogen and oxygen atoms in total. The molecule has 2 aromatic heterocycles. The number of hydrogen-bond acceptors (Lipinski definition) is 3. The summed E-state index contributed by atoms with van der Waals surface area (Å²) in [5.41, 5.74) is 2.55. The average molecular weight is 283 g/mol. The molecule has 1 N–H and O–H groups in total. The maximum absolute atomic E-state index is 4.45. The van der Waals surface area contributed by atoms with Crippen LogP contribution in [0.4, 0.5) is 11.6 Å². The Kier molecular flexibility index (Phi) is 5.32. The number of hydrogen-bond donors (Lipinski definition) is 1. The lowest BCUT2D eigenvalue weighted by molar-refractivity contribution is 0.646. The van der Waals surface area contributed by atoms with Crippen LogP contribution < -0.4 is 5.32 Å². The Balaban J connectivity index is 1.97. The molecule has 0 saturated carbocycles. The molecule has 21 heavy (non-hydrogen) atoms. The normalized spacial score (nSPS) is 11.1. The third kappa shape index (κ3) is 5.18. The second-order valence-corrected chi connectivity index (χ2v) is 6.42. The summed E-state index contributed by atoms with van der Waals surface area (Å²) in [4.78, 5) is 8.89. The molecule has 0 aliphatic heterocycles. The Bertz CT molecular complexity index is 490. The molecule has 0 amide bonds. The molecule has 0 bridgehead atoms. The van der Waals surface area contributed by atoms with Gasteiger partial charge < -0.3 is 5.32 Å². The summed E-state index contributed by atoms with van der Waals surface area (Å²) >= 11 is 0. The molecule has 0 saturated heterocycles. The van der Waals surface area contributed by atoms with Crippen molar-refractivity contribution in [2.24, 2.45) is 11.8 Å². The molecule has 0 radical (unpaired) electrons. The van der Waals surface area contributed by atoms with Crippen LogP contribution in [0.5, 0.6) is 0 Å². The minimum atomic E-state index is 0.653. The molecule has 0 aromatic carbocycles. The summed E-state index contributed by atoms with van der Waals surface area (Å²) in [7, 11) is 0. The molecule has 0 atom stereocenters. The lowest BCUT2D eigenvalue weighted by Crippen LogP contribution is -2.00. The van der Waals surface area contributed by atoms with E-state index in [0.29, 0.717) is 11.8 Å². The van der Waals surface area contributed by atoms with E-state index >= 15 is 0 Å². The fourth-order valence-electron chi connectivity index (χ4n) is 2.31. The van der Waals surface area contributed by atoms with Crippen molar-refractivity contribution in [1.29, 1.82) is 0 Å². The van der Waals surface area contributed by atoms with Crippen LogP contribution in [-0.2, 0) is 12.8 Å². The maximum atomic E-state index is 4.45. The molecule has 2 rings (SSSR count). The Hall–Kier alpha value is -1.90. The van der Waals surface area contributed by atoms with Crippen LogP contribution in [0.3, 0.4) is 0 Å². The second kappa shape index (κ2) is 7.21. The van der Waals surface area contributed by atoms with Crippen molar-refractivity contribution in [3.63, 3.8) is 0 Å². The topological polar surface area (TPSA) is 37.8 Å². The van der Waals surface area contributed by atoms with E-state index in [-0.39, 0.29) is 0 Å². The van der Waals surface area contributed by atoms with Gasteiger partial charge in [0.1, 0.15) is 11.6 Å². The van der Waals surface area contributed by atoms with E-state index in [2.05, 4.69) is 55.1 Å². The predicted octanol–water partition coefficient (Wildman–Crippen LogP) is 4.62. The fraction of sp³-hybridized carbons (Fsp3) is 0.444. The van der Waals surface area contributed by atoms with Gasteiger partial charge in [0.25, 0.3) is 0 Å². The van der Waals surface area contributed by atoms with E-state index in [0.717, 1.165) is 24.5 Å². The zero-order chi connectivity index (χ0) is 15.2. The molecular weight excluding hydrogens is 258 g/mol. The van der Waals surface area contributed by atoms with Crippen LogP contribution in [0, 0.1) is 11.8 Å². The van der Waals surface area contributed by atoms with Gasteiger partial charge in [-0.25, -0.2) is 9.97 Å². The lowest BCUT2D eigenvalue weighted by Gasteiger charge is -2.09. The maximum Gasteiger partial charge on any atom is 0.131 e. The first-order valence-electron chi connectivity index (χ1n) is 7.70. The highest BCUT2D eigenvalue weighted by molar-refractivity contribution is 5.51. The molecule has 0 spiro atoms. The van der Waals surface area contributed by atoms with Crippen LogP contribution in [0.15, 0.2) is 36.7 Å². The molecule has 3 heteroatoms. The quantitative estimate of drug-likeness (QED) is 0.840. The Morgan fingerprint density at radius 2 is 1.19 bits per heavy atom. The van der Waals surface area contributed by atoms with Gasteiger partial charge in [-0.3, -0.25) is 0 Å². The molecule has 0 unspecified atom stereocenters. The summed E-state index contributed by atoms with van der Waals surface area (Å²) in [6.45, 7) is 8.87. The van der Waals surface area contributed by atoms with Crippen LogP contribution in [0.25, 0.3) is 0 Å². The van der Waals surface area contributed by atoms with Crippen LogP contribution in [0.2, 0.25) is 0 Å². The number of pyridine rings is 2. The summed E-state index contributed by atoms with van der Waals surface area (Å²) in [6, 6.07) is 8.29. The highest BCUT2D eigenvalue weighted by Gasteiger charge is 2.02. The van der Waals surface area contributed by atoms with E-state index in [1.165, 1.54) is 11.1 Å². The second-order valence-electron chi connectivity index (χ2n) is 6.42. The van der Waals surface area contributed by atoms with E-state index in [1.54, 1.807) is 0 Å². The Morgan fingerprint density at radius 3 is 1.48 bits per heavy atom. The first kappa shape index (κ1) is 15.5. The Labute approximate surface area is 127 Å². The molecule has 2 aromatic rings. The van der Waals surface area contributed by atoms with Gasteiger partial charge in [-0.2, -0.15) is 0 Å². The molecule has 112 valence electrons. The first-order valence-corrected chi connectivity index (χ1v) is 7.70. The monoisotopic (exact) mass is 283 g/mol. The number of anilines is 2. The molecule has 0 aliphatic rings. The van der Waals surface area contributed by atoms with Crippen LogP contribution >= 0.6 is 0 Å². The highest BCUT2D eigenvalue weighted by Crippen LogP contribution is 2.15. The SMILES string of the molecule is CC(C)Cc1ccc(Nc2ccc(CC(C)C)cn2)nc1. The zero-order valence-electron chi connectivity index (χ0n) is 13.4. The number of aromatic nitrogens is 2. The average Bonchev–Trinajstić information content (AvgIpc) is 2.42. The summed E-state index contributed by atoms with van der Waals surface area (Å²) in [6.07, 6.45) is 6.01. The highest BCUT2D eigenvalue weighted by atomic mass is 15.0. The summed E-state index contributed by atoms with van der Waals surface area (Å²) < 4.78 is 0. The van der Waals surface area contributed by atoms with Crippen LogP contribution in [0.1, 0.15) is 38.8 Å². The van der Waals surface area contributed by atoms with Gasteiger partial charge in [0.15, 0.2) is 0 Å². The van der Waals surface area contributed by atoms with E-state index in [9.17, 15) is 0 Å². The summed E-state index contributed by atoms with van der Waals surface area (Å²) in [5, 5.41) is 3.24. The van der Waals surface area contributed by atoms with E-state index < -0.39 is 0 Å². The number of rotatable bonds is 6. The standard InChI is InChI=1S/C18H25N3/c1-13(2)9-15-5-7-17(19-11-15)21-18-8-6-16(12-20-18)10-14(3)4/h5-8,11-14H,9-10H2,1-4H3,(H,19,20,21). The van der Waals surface area contributed by atoms with Crippen molar-refractivity contribution in [2.75, 3.05) is 5.32 Å². The summed E-state index contributed by atoms with van der Waals surface area (Å²) in [5.74, 6) is 2.99. The van der Waals surface area contributed by atoms with Gasteiger partial charge in [-0.05, 0) is 47.9 Å². The van der Waals surface area contributed by atoms with Gasteiger partial charge in [0.2, 0.25) is 0 Å².